The lowest BCUT2D eigenvalue weighted by atomic mass is 10.2. The van der Waals surface area contributed by atoms with Crippen LogP contribution in [0.15, 0.2) is 54.7 Å². The van der Waals surface area contributed by atoms with Gasteiger partial charge >= 0.3 is 0 Å². The van der Waals surface area contributed by atoms with Crippen LogP contribution in [0.25, 0.3) is 10.9 Å². The van der Waals surface area contributed by atoms with Gasteiger partial charge in [0.15, 0.2) is 0 Å². The first-order valence-electron chi connectivity index (χ1n) is 7.84. The predicted octanol–water partition coefficient (Wildman–Crippen LogP) is 6.20. The highest BCUT2D eigenvalue weighted by Gasteiger charge is 2.18. The Kier molecular flexibility index (Phi) is 3.55. The maximum Gasteiger partial charge on any atom is 0.128 e. The van der Waals surface area contributed by atoms with Crippen molar-refractivity contribution in [2.75, 3.05) is 0 Å². The lowest BCUT2D eigenvalue weighted by molar-refractivity contribution is 0.483. The zero-order valence-electron chi connectivity index (χ0n) is 12.3. The summed E-state index contributed by atoms with van der Waals surface area (Å²) in [4.78, 5) is 0. The molecule has 2 aromatic carbocycles. The van der Waals surface area contributed by atoms with Crippen LogP contribution in [0.1, 0.15) is 31.7 Å². The minimum absolute atomic E-state index is 0.667. The second-order valence-electron chi connectivity index (χ2n) is 5.94. The van der Waals surface area contributed by atoms with Crippen molar-refractivity contribution < 1.29 is 4.74 Å². The van der Waals surface area contributed by atoms with Gasteiger partial charge in [0.05, 0.1) is 0 Å². The Morgan fingerprint density at radius 1 is 0.909 bits per heavy atom. The first-order chi connectivity index (χ1) is 10.8. The summed E-state index contributed by atoms with van der Waals surface area (Å²) in [7, 11) is 0. The van der Waals surface area contributed by atoms with E-state index in [0.717, 1.165) is 16.5 Å². The number of hydrogen-bond donors (Lipinski definition) is 0. The van der Waals surface area contributed by atoms with Crippen LogP contribution in [0.3, 0.4) is 0 Å². The smallest absolute Gasteiger partial charge is 0.128 e. The topological polar surface area (TPSA) is 14.2 Å². The van der Waals surface area contributed by atoms with E-state index in [0.29, 0.717) is 6.04 Å². The molecule has 0 spiro atoms. The van der Waals surface area contributed by atoms with E-state index in [9.17, 15) is 0 Å². The van der Waals surface area contributed by atoms with Crippen molar-refractivity contribution in [1.29, 1.82) is 0 Å². The molecule has 2 nitrogen and oxygen atoms in total. The molecule has 1 saturated carbocycles. The molecule has 1 aromatic heterocycles. The molecule has 22 heavy (non-hydrogen) atoms. The lowest BCUT2D eigenvalue weighted by Gasteiger charge is -2.13. The third-order valence-electron chi connectivity index (χ3n) is 4.46. The van der Waals surface area contributed by atoms with Gasteiger partial charge in [0.1, 0.15) is 11.5 Å². The summed E-state index contributed by atoms with van der Waals surface area (Å²) < 4.78 is 8.33. The quantitative estimate of drug-likeness (QED) is 0.561. The van der Waals surface area contributed by atoms with E-state index < -0.39 is 0 Å². The summed E-state index contributed by atoms with van der Waals surface area (Å²) in [5, 5.41) is 1.95. The molecule has 112 valence electrons. The van der Waals surface area contributed by atoms with Crippen molar-refractivity contribution in [3.05, 3.63) is 59.8 Å². The van der Waals surface area contributed by atoms with Crippen molar-refractivity contribution in [3.8, 4) is 11.5 Å². The first-order valence-corrected chi connectivity index (χ1v) is 8.21. The van der Waals surface area contributed by atoms with Crippen molar-refractivity contribution in [2.45, 2.75) is 31.7 Å². The van der Waals surface area contributed by atoms with Crippen LogP contribution < -0.4 is 4.74 Å². The molecular weight excluding hydrogens is 294 g/mol. The third-order valence-corrected chi connectivity index (χ3v) is 4.71. The van der Waals surface area contributed by atoms with Crippen LogP contribution in [0.4, 0.5) is 0 Å². The van der Waals surface area contributed by atoms with Crippen LogP contribution in [-0.2, 0) is 0 Å². The predicted molar refractivity (Wildman–Crippen MR) is 91.0 cm³/mol. The number of nitrogens with zero attached hydrogens (tertiary/aromatic N) is 1. The molecule has 0 amide bonds. The van der Waals surface area contributed by atoms with Gasteiger partial charge in [-0.25, -0.2) is 0 Å². The maximum atomic E-state index is 5.91. The van der Waals surface area contributed by atoms with Gasteiger partial charge in [0.25, 0.3) is 0 Å². The number of aromatic nitrogens is 1. The van der Waals surface area contributed by atoms with Gasteiger partial charge in [-0.1, -0.05) is 24.4 Å². The molecule has 0 atom stereocenters. The number of fused-ring (bicyclic) bond motifs is 1. The molecule has 1 aliphatic rings. The third kappa shape index (κ3) is 2.59. The molecule has 0 N–H and O–H groups in total. The number of ether oxygens (including phenoxy) is 1. The Bertz CT molecular complexity index is 785. The molecular formula is C19H18ClNO. The van der Waals surface area contributed by atoms with Crippen LogP contribution >= 0.6 is 11.6 Å². The molecule has 1 heterocycles. The van der Waals surface area contributed by atoms with Gasteiger partial charge < -0.3 is 9.30 Å². The average molecular weight is 312 g/mol. The van der Waals surface area contributed by atoms with Crippen molar-refractivity contribution in [2.24, 2.45) is 0 Å². The average Bonchev–Trinajstić information content (AvgIpc) is 3.18. The summed E-state index contributed by atoms with van der Waals surface area (Å²) in [6.07, 6.45) is 7.51. The molecule has 0 aliphatic heterocycles. The standard InChI is InChI=1S/C19H18ClNO/c20-15-5-7-17(8-6-15)22-18-9-10-19-14(13-18)11-12-21(19)16-3-1-2-4-16/h5-13,16H,1-4H2. The van der Waals surface area contributed by atoms with Crippen molar-refractivity contribution in [1.82, 2.24) is 4.57 Å². The molecule has 0 unspecified atom stereocenters. The van der Waals surface area contributed by atoms with Crippen LogP contribution in [0.2, 0.25) is 5.02 Å². The first kappa shape index (κ1) is 13.7. The molecule has 3 heteroatoms. The normalized spacial score (nSPS) is 15.5. The van der Waals surface area contributed by atoms with Gasteiger partial charge in [0.2, 0.25) is 0 Å². The van der Waals surface area contributed by atoms with Gasteiger partial charge in [-0.15, -0.1) is 0 Å². The fourth-order valence-corrected chi connectivity index (χ4v) is 3.47. The lowest BCUT2D eigenvalue weighted by Crippen LogP contribution is -2.02. The Balaban J connectivity index is 1.62. The highest BCUT2D eigenvalue weighted by Crippen LogP contribution is 2.34. The van der Waals surface area contributed by atoms with E-state index in [1.54, 1.807) is 0 Å². The van der Waals surface area contributed by atoms with E-state index in [2.05, 4.69) is 29.0 Å². The summed E-state index contributed by atoms with van der Waals surface area (Å²) in [5.74, 6) is 1.66. The van der Waals surface area contributed by atoms with E-state index in [1.807, 2.05) is 30.3 Å². The molecule has 0 radical (unpaired) electrons. The minimum Gasteiger partial charge on any atom is -0.457 e. The zero-order valence-corrected chi connectivity index (χ0v) is 13.1. The fraction of sp³-hybridized carbons (Fsp3) is 0.263. The highest BCUT2D eigenvalue weighted by molar-refractivity contribution is 6.30. The molecule has 4 rings (SSSR count). The van der Waals surface area contributed by atoms with Crippen molar-refractivity contribution >= 4 is 22.5 Å². The Labute approximate surface area is 135 Å². The minimum atomic E-state index is 0.667. The van der Waals surface area contributed by atoms with E-state index >= 15 is 0 Å². The van der Waals surface area contributed by atoms with Crippen LogP contribution in [0.5, 0.6) is 11.5 Å². The summed E-state index contributed by atoms with van der Waals surface area (Å²) in [5.41, 5.74) is 1.30. The zero-order chi connectivity index (χ0) is 14.9. The maximum absolute atomic E-state index is 5.91. The molecule has 0 bridgehead atoms. The van der Waals surface area contributed by atoms with Gasteiger partial charge in [-0.3, -0.25) is 0 Å². The molecule has 3 aromatic rings. The molecule has 1 aliphatic carbocycles. The van der Waals surface area contributed by atoms with E-state index in [1.165, 1.54) is 36.6 Å². The number of rotatable bonds is 3. The number of benzene rings is 2. The van der Waals surface area contributed by atoms with Crippen LogP contribution in [-0.4, -0.2) is 4.57 Å². The summed E-state index contributed by atoms with van der Waals surface area (Å²) in [6, 6.07) is 16.6. The molecule has 0 saturated heterocycles. The van der Waals surface area contributed by atoms with Crippen LogP contribution in [0, 0.1) is 0 Å². The second-order valence-corrected chi connectivity index (χ2v) is 6.37. The van der Waals surface area contributed by atoms with E-state index in [4.69, 9.17) is 16.3 Å². The van der Waals surface area contributed by atoms with Gasteiger partial charge in [-0.2, -0.15) is 0 Å². The van der Waals surface area contributed by atoms with Gasteiger partial charge in [0, 0.05) is 28.2 Å². The summed E-state index contributed by atoms with van der Waals surface area (Å²) in [6.45, 7) is 0. The molecule has 1 fully saturated rings. The Hall–Kier alpha value is -1.93. The SMILES string of the molecule is Clc1ccc(Oc2ccc3c(ccn3C3CCCC3)c2)cc1. The number of hydrogen-bond acceptors (Lipinski definition) is 1. The summed E-state index contributed by atoms with van der Waals surface area (Å²) >= 11 is 5.90. The monoisotopic (exact) mass is 311 g/mol. The number of halogens is 1. The Morgan fingerprint density at radius 3 is 2.41 bits per heavy atom. The van der Waals surface area contributed by atoms with Gasteiger partial charge in [-0.05, 0) is 61.4 Å². The largest absolute Gasteiger partial charge is 0.457 e. The van der Waals surface area contributed by atoms with E-state index in [-0.39, 0.29) is 0 Å². The highest BCUT2D eigenvalue weighted by atomic mass is 35.5. The van der Waals surface area contributed by atoms with Crippen molar-refractivity contribution in [3.63, 3.8) is 0 Å². The Morgan fingerprint density at radius 2 is 1.64 bits per heavy atom. The fourth-order valence-electron chi connectivity index (χ4n) is 3.35. The second kappa shape index (κ2) is 5.69.